The van der Waals surface area contributed by atoms with E-state index in [0.29, 0.717) is 30.3 Å². The van der Waals surface area contributed by atoms with Crippen molar-refractivity contribution in [2.45, 2.75) is 193 Å². The lowest BCUT2D eigenvalue weighted by Gasteiger charge is -2.28. The molecule has 0 spiro atoms. The lowest BCUT2D eigenvalue weighted by atomic mass is 10.0. The van der Waals surface area contributed by atoms with Gasteiger partial charge < -0.3 is 24.9 Å². The minimum Gasteiger partial charge on any atom is -0.390 e. The average Bonchev–Trinajstić information content (AvgIpc) is 3.19. The molecule has 9 nitrogen and oxygen atoms in total. The van der Waals surface area contributed by atoms with Crippen molar-refractivity contribution >= 4 is 13.7 Å². The molecule has 4 N–H and O–H groups in total. The molecule has 342 valence electrons. The molecular weight excluding hydrogens is 760 g/mol. The van der Waals surface area contributed by atoms with Gasteiger partial charge in [-0.1, -0.05) is 157 Å². The van der Waals surface area contributed by atoms with E-state index in [1.807, 2.05) is 21.1 Å². The van der Waals surface area contributed by atoms with E-state index >= 15 is 0 Å². The van der Waals surface area contributed by atoms with Crippen LogP contribution in [0.25, 0.3) is 0 Å². The van der Waals surface area contributed by atoms with Crippen molar-refractivity contribution in [1.82, 2.24) is 5.32 Å². The fraction of sp³-hybridized carbons (Fsp3) is 0.735. The number of rotatable bonds is 41. The molecule has 0 aromatic carbocycles. The standard InChI is InChI=1S/C49H89N2O7P/c1-6-8-10-12-14-16-18-20-21-22-23-24-25-26-27-28-29-30-32-34-36-38-40-42-48(53)50-46(45-58-59(55,56)57-44-43-51(3,4)5)49(54)47(52)41-39-37-35-33-31-19-17-15-13-11-9-7-2/h8,10,14,16,20-21,23-24,26-27,33,35,46-47,49,52,54H,6-7,9,11-13,15,17-19,22,25,28-32,34,36-45H2,1-5H3,(H-,50,53,55,56)/p+1/b10-8-,16-14-,21-20-,24-23-,27-26-,35-33+. The third-order valence-electron chi connectivity index (χ3n) is 10.0. The number of nitrogens with zero attached hydrogens (tertiary/aromatic N) is 1. The minimum absolute atomic E-state index is 0.0102. The molecule has 4 atom stereocenters. The molecule has 0 fully saturated rings. The third-order valence-corrected chi connectivity index (χ3v) is 11.0. The van der Waals surface area contributed by atoms with E-state index in [-0.39, 0.29) is 18.9 Å². The van der Waals surface area contributed by atoms with Crippen LogP contribution >= 0.6 is 7.82 Å². The van der Waals surface area contributed by atoms with Gasteiger partial charge in [0.15, 0.2) is 0 Å². The number of nitrogens with one attached hydrogen (secondary N) is 1. The SMILES string of the molecule is CC/C=C\C/C=C\C/C=C\C/C=C\C/C=C\CCCCCCCCCC(=O)NC(COP(=O)(O)OCC[N+](C)(C)C)C(O)C(O)CCC/C=C/CCCCCCCCC. The number of aliphatic hydroxyl groups is 2. The quantitative estimate of drug-likeness (QED) is 0.0209. The van der Waals surface area contributed by atoms with E-state index in [9.17, 15) is 24.5 Å². The molecule has 0 aliphatic heterocycles. The molecule has 4 unspecified atom stereocenters. The van der Waals surface area contributed by atoms with Gasteiger partial charge in [-0.25, -0.2) is 4.57 Å². The fourth-order valence-electron chi connectivity index (χ4n) is 6.29. The van der Waals surface area contributed by atoms with Gasteiger partial charge in [0.05, 0.1) is 39.9 Å². The first-order valence-electron chi connectivity index (χ1n) is 23.4. The number of hydrogen-bond acceptors (Lipinski definition) is 6. The van der Waals surface area contributed by atoms with Crippen LogP contribution in [0, 0.1) is 0 Å². The summed E-state index contributed by atoms with van der Waals surface area (Å²) >= 11 is 0. The number of phosphoric ester groups is 1. The van der Waals surface area contributed by atoms with Crippen molar-refractivity contribution in [3.8, 4) is 0 Å². The molecule has 0 aliphatic rings. The number of phosphoric acid groups is 1. The van der Waals surface area contributed by atoms with Crippen LogP contribution in [0.1, 0.15) is 174 Å². The van der Waals surface area contributed by atoms with Gasteiger partial charge in [0.2, 0.25) is 5.91 Å². The van der Waals surface area contributed by atoms with Crippen LogP contribution in [0.15, 0.2) is 72.9 Å². The van der Waals surface area contributed by atoms with E-state index in [0.717, 1.165) is 70.6 Å². The lowest BCUT2D eigenvalue weighted by Crippen LogP contribution is -2.51. The molecule has 0 radical (unpaired) electrons. The van der Waals surface area contributed by atoms with E-state index in [1.54, 1.807) is 0 Å². The Kier molecular flexibility index (Phi) is 38.6. The molecule has 0 saturated heterocycles. The van der Waals surface area contributed by atoms with Crippen LogP contribution in [0.4, 0.5) is 0 Å². The van der Waals surface area contributed by atoms with Gasteiger partial charge in [0.25, 0.3) is 0 Å². The highest BCUT2D eigenvalue weighted by Crippen LogP contribution is 2.43. The molecule has 0 saturated carbocycles. The number of likely N-dealkylation sites (N-methyl/N-ethyl adjacent to an activating group) is 1. The zero-order valence-corrected chi connectivity index (χ0v) is 39.2. The topological polar surface area (TPSA) is 125 Å². The second-order valence-corrected chi connectivity index (χ2v) is 18.3. The number of unbranched alkanes of at least 4 members (excludes halogenated alkanes) is 15. The summed E-state index contributed by atoms with van der Waals surface area (Å²) in [6, 6.07) is -1.06. The van der Waals surface area contributed by atoms with E-state index < -0.39 is 32.7 Å². The summed E-state index contributed by atoms with van der Waals surface area (Å²) in [4.78, 5) is 23.2. The lowest BCUT2D eigenvalue weighted by molar-refractivity contribution is -0.870. The summed E-state index contributed by atoms with van der Waals surface area (Å²) in [5.74, 6) is -0.283. The van der Waals surface area contributed by atoms with Gasteiger partial charge in [-0.05, 0) is 83.5 Å². The third kappa shape index (κ3) is 41.0. The smallest absolute Gasteiger partial charge is 0.390 e. The number of carbonyl (C=O) groups excluding carboxylic acids is 1. The van der Waals surface area contributed by atoms with Crippen LogP contribution in [0.5, 0.6) is 0 Å². The highest BCUT2D eigenvalue weighted by atomic mass is 31.2. The Morgan fingerprint density at radius 2 is 1.05 bits per heavy atom. The summed E-state index contributed by atoms with van der Waals surface area (Å²) in [6.45, 7) is 4.43. The Balaban J connectivity index is 4.47. The molecule has 0 rings (SSSR count). The van der Waals surface area contributed by atoms with E-state index in [4.69, 9.17) is 9.05 Å². The summed E-state index contributed by atoms with van der Waals surface area (Å²) in [6.07, 6.45) is 49.7. The molecule has 0 aromatic heterocycles. The summed E-state index contributed by atoms with van der Waals surface area (Å²) in [5.41, 5.74) is 0. The van der Waals surface area contributed by atoms with Gasteiger partial charge in [-0.2, -0.15) is 0 Å². The second kappa shape index (κ2) is 40.0. The van der Waals surface area contributed by atoms with Gasteiger partial charge in [0, 0.05) is 6.42 Å². The fourth-order valence-corrected chi connectivity index (χ4v) is 7.02. The van der Waals surface area contributed by atoms with Crippen LogP contribution in [0.3, 0.4) is 0 Å². The van der Waals surface area contributed by atoms with Crippen LogP contribution < -0.4 is 5.32 Å². The predicted octanol–water partition coefficient (Wildman–Crippen LogP) is 12.2. The van der Waals surface area contributed by atoms with Crippen LogP contribution in [0.2, 0.25) is 0 Å². The Morgan fingerprint density at radius 3 is 1.56 bits per heavy atom. The largest absolute Gasteiger partial charge is 0.472 e. The summed E-state index contributed by atoms with van der Waals surface area (Å²) < 4.78 is 23.5. The first kappa shape index (κ1) is 56.9. The number of carbonyl (C=O) groups is 1. The molecular formula is C49H90N2O7P+. The average molecular weight is 850 g/mol. The zero-order valence-electron chi connectivity index (χ0n) is 38.3. The molecule has 0 aromatic rings. The van der Waals surface area contributed by atoms with Gasteiger partial charge in [0.1, 0.15) is 19.3 Å². The first-order chi connectivity index (χ1) is 28.4. The van der Waals surface area contributed by atoms with E-state index in [2.05, 4.69) is 92.1 Å². The monoisotopic (exact) mass is 850 g/mol. The van der Waals surface area contributed by atoms with Crippen molar-refractivity contribution in [3.63, 3.8) is 0 Å². The minimum atomic E-state index is -4.43. The van der Waals surface area contributed by atoms with E-state index in [1.165, 1.54) is 64.2 Å². The van der Waals surface area contributed by atoms with Gasteiger partial charge >= 0.3 is 7.82 Å². The maximum absolute atomic E-state index is 12.9. The van der Waals surface area contributed by atoms with Crippen molar-refractivity contribution < 1.29 is 38.0 Å². The highest BCUT2D eigenvalue weighted by Gasteiger charge is 2.31. The Morgan fingerprint density at radius 1 is 0.610 bits per heavy atom. The van der Waals surface area contributed by atoms with Crippen molar-refractivity contribution in [1.29, 1.82) is 0 Å². The van der Waals surface area contributed by atoms with Gasteiger partial charge in [-0.3, -0.25) is 13.8 Å². The van der Waals surface area contributed by atoms with Crippen molar-refractivity contribution in [2.75, 3.05) is 40.9 Å². The summed E-state index contributed by atoms with van der Waals surface area (Å²) in [7, 11) is 1.40. The Hall–Kier alpha value is -2.10. The second-order valence-electron chi connectivity index (χ2n) is 16.9. The molecule has 0 bridgehead atoms. The molecule has 10 heteroatoms. The highest BCUT2D eigenvalue weighted by molar-refractivity contribution is 7.47. The number of amides is 1. The molecule has 0 heterocycles. The number of aliphatic hydroxyl groups excluding tert-OH is 2. The number of allylic oxidation sites excluding steroid dienone is 12. The van der Waals surface area contributed by atoms with Crippen LogP contribution in [-0.4, -0.2) is 84.6 Å². The Labute approximate surface area is 362 Å². The predicted molar refractivity (Wildman–Crippen MR) is 250 cm³/mol. The zero-order chi connectivity index (χ0) is 43.7. The maximum atomic E-state index is 12.9. The van der Waals surface area contributed by atoms with Crippen molar-refractivity contribution in [3.05, 3.63) is 72.9 Å². The van der Waals surface area contributed by atoms with Crippen molar-refractivity contribution in [2.24, 2.45) is 0 Å². The maximum Gasteiger partial charge on any atom is 0.472 e. The summed E-state index contributed by atoms with van der Waals surface area (Å²) in [5, 5.41) is 24.6. The van der Waals surface area contributed by atoms with Gasteiger partial charge in [-0.15, -0.1) is 0 Å². The number of hydrogen-bond donors (Lipinski definition) is 4. The molecule has 0 aliphatic carbocycles. The Bertz CT molecular complexity index is 1210. The number of quaternary nitrogens is 1. The normalized spacial score (nSPS) is 15.5. The molecule has 59 heavy (non-hydrogen) atoms. The molecule has 1 amide bonds. The van der Waals surface area contributed by atoms with Crippen LogP contribution in [-0.2, 0) is 18.4 Å². The first-order valence-corrected chi connectivity index (χ1v) is 24.9.